The van der Waals surface area contributed by atoms with Crippen molar-refractivity contribution in [2.75, 3.05) is 18.5 Å². The molecule has 4 aliphatic rings. The fraction of sp³-hybridized carbons (Fsp3) is 0.800. The molecular weight excluding hydrogens is 434 g/mol. The summed E-state index contributed by atoms with van der Waals surface area (Å²) in [6.45, 7) is 8.16. The van der Waals surface area contributed by atoms with Gasteiger partial charge in [0, 0.05) is 12.6 Å². The second kappa shape index (κ2) is 10.0. The van der Waals surface area contributed by atoms with Crippen molar-refractivity contribution in [1.82, 2.24) is 4.98 Å². The van der Waals surface area contributed by atoms with E-state index >= 15 is 0 Å². The summed E-state index contributed by atoms with van der Waals surface area (Å²) in [6, 6.07) is 6.40. The van der Waals surface area contributed by atoms with E-state index in [1.165, 1.54) is 44.9 Å². The molecule has 0 saturated heterocycles. The number of aliphatic hydroxyl groups is 1. The number of fused-ring (bicyclic) bond motifs is 5. The van der Waals surface area contributed by atoms with Crippen molar-refractivity contribution in [3.8, 4) is 6.07 Å². The molecule has 4 aliphatic carbocycles. The van der Waals surface area contributed by atoms with Crippen molar-refractivity contribution in [2.45, 2.75) is 96.6 Å². The van der Waals surface area contributed by atoms with Crippen molar-refractivity contribution >= 4 is 5.69 Å². The summed E-state index contributed by atoms with van der Waals surface area (Å²) in [6.07, 6.45) is 14.1. The molecule has 9 atom stereocenters. The number of rotatable bonds is 7. The van der Waals surface area contributed by atoms with Gasteiger partial charge in [-0.05, 0) is 124 Å². The molecule has 0 aliphatic heterocycles. The highest BCUT2D eigenvalue weighted by Gasteiger charge is 2.58. The van der Waals surface area contributed by atoms with E-state index in [0.29, 0.717) is 42.2 Å². The number of pyridine rings is 1. The van der Waals surface area contributed by atoms with Crippen molar-refractivity contribution in [3.63, 3.8) is 0 Å². The lowest BCUT2D eigenvalue weighted by Gasteiger charge is -2.57. The highest BCUT2D eigenvalue weighted by molar-refractivity contribution is 5.44. The number of anilines is 1. The fourth-order valence-corrected chi connectivity index (χ4v) is 9.33. The third-order valence-corrected chi connectivity index (χ3v) is 10.9. The Kier molecular flexibility index (Phi) is 7.16. The van der Waals surface area contributed by atoms with Crippen molar-refractivity contribution in [2.24, 2.45) is 40.9 Å². The number of nitrogens with one attached hydrogen (secondary N) is 1. The minimum atomic E-state index is -0.591. The Hall–Kier alpha value is -1.64. The molecule has 1 aromatic rings. The Morgan fingerprint density at radius 3 is 2.66 bits per heavy atom. The molecule has 0 bridgehead atoms. The summed E-state index contributed by atoms with van der Waals surface area (Å²) in [5.41, 5.74) is 1.33. The largest absolute Gasteiger partial charge is 0.387 e. The molecule has 0 aromatic carbocycles. The van der Waals surface area contributed by atoms with E-state index in [2.05, 4.69) is 30.2 Å². The topological polar surface area (TPSA) is 78.2 Å². The summed E-state index contributed by atoms with van der Waals surface area (Å²) in [5, 5.41) is 24.0. The predicted octanol–water partition coefficient (Wildman–Crippen LogP) is 6.18. The van der Waals surface area contributed by atoms with Crippen LogP contribution >= 0.6 is 0 Å². The van der Waals surface area contributed by atoms with Crippen LogP contribution in [0.2, 0.25) is 0 Å². The van der Waals surface area contributed by atoms with Gasteiger partial charge in [0.1, 0.15) is 11.8 Å². The maximum absolute atomic E-state index is 11.1. The highest BCUT2D eigenvalue weighted by atomic mass is 16.5. The summed E-state index contributed by atoms with van der Waals surface area (Å²) in [7, 11) is 0. The second-order valence-electron chi connectivity index (χ2n) is 12.5. The molecule has 192 valence electrons. The van der Waals surface area contributed by atoms with E-state index in [-0.39, 0.29) is 0 Å². The van der Waals surface area contributed by atoms with Gasteiger partial charge < -0.3 is 15.2 Å². The van der Waals surface area contributed by atoms with Gasteiger partial charge in [-0.2, -0.15) is 5.26 Å². The van der Waals surface area contributed by atoms with Crippen LogP contribution in [0.25, 0.3) is 0 Å². The Morgan fingerprint density at radius 1 is 1.11 bits per heavy atom. The molecule has 5 nitrogen and oxygen atoms in total. The summed E-state index contributed by atoms with van der Waals surface area (Å²) in [5.74, 6) is 4.75. The Balaban J connectivity index is 1.27. The van der Waals surface area contributed by atoms with E-state index in [4.69, 9.17) is 10.00 Å². The number of aromatic nitrogens is 1. The summed E-state index contributed by atoms with van der Waals surface area (Å²) >= 11 is 0. The molecule has 1 heterocycles. The van der Waals surface area contributed by atoms with Crippen LogP contribution in [0.4, 0.5) is 5.69 Å². The first-order chi connectivity index (χ1) is 16.9. The van der Waals surface area contributed by atoms with Gasteiger partial charge in [-0.25, -0.2) is 4.98 Å². The molecule has 5 heteroatoms. The summed E-state index contributed by atoms with van der Waals surface area (Å²) in [4.78, 5) is 4.28. The molecule has 1 aromatic heterocycles. The Morgan fingerprint density at radius 2 is 1.94 bits per heavy atom. The quantitative estimate of drug-likeness (QED) is 0.488. The van der Waals surface area contributed by atoms with Crippen molar-refractivity contribution in [1.29, 1.82) is 5.26 Å². The lowest BCUT2D eigenvalue weighted by atomic mass is 9.48. The van der Waals surface area contributed by atoms with Gasteiger partial charge in [0.15, 0.2) is 0 Å². The third kappa shape index (κ3) is 4.62. The van der Waals surface area contributed by atoms with Gasteiger partial charge in [0.05, 0.1) is 24.1 Å². The van der Waals surface area contributed by atoms with Crippen LogP contribution < -0.4 is 5.32 Å². The first-order valence-electron chi connectivity index (χ1n) is 14.3. The predicted molar refractivity (Wildman–Crippen MR) is 139 cm³/mol. The zero-order valence-electron chi connectivity index (χ0n) is 22.0. The maximum atomic E-state index is 11.1. The van der Waals surface area contributed by atoms with E-state index in [1.807, 2.05) is 25.3 Å². The van der Waals surface area contributed by atoms with Gasteiger partial charge in [-0.15, -0.1) is 0 Å². The van der Waals surface area contributed by atoms with Crippen LogP contribution in [-0.4, -0.2) is 34.9 Å². The molecule has 0 amide bonds. The Bertz CT molecular complexity index is 913. The molecule has 0 spiro atoms. The fourth-order valence-electron chi connectivity index (χ4n) is 9.33. The third-order valence-electron chi connectivity index (χ3n) is 10.9. The first-order valence-corrected chi connectivity index (χ1v) is 14.3. The molecule has 5 rings (SSSR count). The number of nitrogens with zero attached hydrogens (tertiary/aromatic N) is 2. The van der Waals surface area contributed by atoms with E-state index in [1.54, 1.807) is 0 Å². The molecular formula is C30H45N3O2. The van der Waals surface area contributed by atoms with Crippen LogP contribution in [-0.2, 0) is 4.74 Å². The molecule has 0 radical (unpaired) electrons. The zero-order valence-corrected chi connectivity index (χ0v) is 22.0. The number of nitriles is 1. The lowest BCUT2D eigenvalue weighted by Crippen LogP contribution is -2.52. The first kappa shape index (κ1) is 25.0. The van der Waals surface area contributed by atoms with E-state index in [0.717, 1.165) is 48.6 Å². The van der Waals surface area contributed by atoms with Crippen molar-refractivity contribution in [3.05, 3.63) is 24.0 Å². The maximum Gasteiger partial charge on any atom is 0.140 e. The highest BCUT2D eigenvalue weighted by Crippen LogP contribution is 2.65. The standard InChI is InChI=1S/C30H45N3O2/c1-4-28(33-22-8-7-21(17-31)32-18-22)27-11-10-26-25-9-6-20-16-30(34,19-35-5-2)15-13-23(20)24(25)12-14-29(26,27)3/h7-8,18,20,23-28,33-34H,4-6,9-16,19H2,1-3H3/t20-,23+,24-,25-,26+,27-,28+,29+,30-/m1/s1. The van der Waals surface area contributed by atoms with Crippen LogP contribution in [0.5, 0.6) is 0 Å². The van der Waals surface area contributed by atoms with Crippen LogP contribution in [0.15, 0.2) is 18.3 Å². The van der Waals surface area contributed by atoms with Crippen LogP contribution in [0.1, 0.15) is 90.7 Å². The number of hydrogen-bond donors (Lipinski definition) is 2. The summed E-state index contributed by atoms with van der Waals surface area (Å²) < 4.78 is 5.66. The minimum Gasteiger partial charge on any atom is -0.387 e. The average Bonchev–Trinajstić information content (AvgIpc) is 3.23. The molecule has 4 saturated carbocycles. The van der Waals surface area contributed by atoms with Gasteiger partial charge >= 0.3 is 0 Å². The minimum absolute atomic E-state index is 0.409. The van der Waals surface area contributed by atoms with Gasteiger partial charge in [-0.3, -0.25) is 0 Å². The van der Waals surface area contributed by atoms with Gasteiger partial charge in [-0.1, -0.05) is 13.8 Å². The number of ether oxygens (including phenoxy) is 1. The lowest BCUT2D eigenvalue weighted by molar-refractivity contribution is -0.128. The second-order valence-corrected chi connectivity index (χ2v) is 12.5. The van der Waals surface area contributed by atoms with E-state index in [9.17, 15) is 5.11 Å². The smallest absolute Gasteiger partial charge is 0.140 e. The average molecular weight is 480 g/mol. The Labute approximate surface area is 212 Å². The van der Waals surface area contributed by atoms with Crippen LogP contribution in [0, 0.1) is 52.3 Å². The number of hydrogen-bond acceptors (Lipinski definition) is 5. The monoisotopic (exact) mass is 479 g/mol. The van der Waals surface area contributed by atoms with Gasteiger partial charge in [0.25, 0.3) is 0 Å². The molecule has 2 N–H and O–H groups in total. The SMILES string of the molecule is CCOC[C@@]1(O)CC[C@H]2[C@H](CC[C@@H]3[C@@H]2CC[C@]2(C)[C@@H]([C@H](CC)Nc4ccc(C#N)nc4)CC[C@@H]32)C1. The molecule has 35 heavy (non-hydrogen) atoms. The molecule has 4 fully saturated rings. The normalized spacial score (nSPS) is 41.2. The van der Waals surface area contributed by atoms with Crippen molar-refractivity contribution < 1.29 is 9.84 Å². The molecule has 0 unspecified atom stereocenters. The van der Waals surface area contributed by atoms with Gasteiger partial charge in [0.2, 0.25) is 0 Å². The van der Waals surface area contributed by atoms with E-state index < -0.39 is 5.60 Å². The zero-order chi connectivity index (χ0) is 24.6. The van der Waals surface area contributed by atoms with Crippen LogP contribution in [0.3, 0.4) is 0 Å².